The molecule has 4 aromatic rings. The van der Waals surface area contributed by atoms with E-state index in [0.717, 1.165) is 11.8 Å². The quantitative estimate of drug-likeness (QED) is 0.109. The van der Waals surface area contributed by atoms with Crippen LogP contribution in [0.3, 0.4) is 0 Å². The molecule has 0 radical (unpaired) electrons. The number of hydrogen-bond acceptors (Lipinski definition) is 9. The molecule has 44 heavy (non-hydrogen) atoms. The molecule has 0 saturated heterocycles. The maximum Gasteiger partial charge on any atom is 0.200 e. The maximum atomic E-state index is 12.8. The second-order valence-electron chi connectivity index (χ2n) is 9.12. The molecule has 0 spiro atoms. The summed E-state index contributed by atoms with van der Waals surface area (Å²) in [4.78, 5) is 25.3. The molecular weight excluding hydrogens is 564 g/mol. The molecule has 230 valence electrons. The van der Waals surface area contributed by atoms with Crippen molar-refractivity contribution in [2.24, 2.45) is 0 Å². The molecule has 0 amide bonds. The molecule has 0 bridgehead atoms. The molecule has 0 aliphatic heterocycles. The predicted molar refractivity (Wildman–Crippen MR) is 168 cm³/mol. The first kappa shape index (κ1) is 33.1. The fourth-order valence-corrected chi connectivity index (χ4v) is 4.39. The third-order valence-corrected chi connectivity index (χ3v) is 6.68. The summed E-state index contributed by atoms with van der Waals surface area (Å²) in [6.07, 6.45) is 1.04. The summed E-state index contributed by atoms with van der Waals surface area (Å²) in [6, 6.07) is 24.5. The van der Waals surface area contributed by atoms with Gasteiger partial charge in [-0.25, -0.2) is 0 Å². The molecule has 4 rings (SSSR count). The monoisotopic (exact) mass is 600 g/mol. The van der Waals surface area contributed by atoms with Gasteiger partial charge in [-0.1, -0.05) is 36.4 Å². The van der Waals surface area contributed by atoms with Crippen LogP contribution in [0.1, 0.15) is 31.8 Å². The van der Waals surface area contributed by atoms with Crippen LogP contribution < -0.4 is 28.4 Å². The number of ether oxygens (including phenoxy) is 6. The van der Waals surface area contributed by atoms with Gasteiger partial charge in [0.15, 0.2) is 5.78 Å². The average molecular weight is 601 g/mol. The number of methoxy groups -OCH3 is 6. The summed E-state index contributed by atoms with van der Waals surface area (Å²) < 4.78 is 31.3. The zero-order chi connectivity index (χ0) is 32.1. The number of para-hydroxylation sites is 2. The van der Waals surface area contributed by atoms with Gasteiger partial charge in [0, 0.05) is 29.7 Å². The minimum absolute atomic E-state index is 0.0287. The van der Waals surface area contributed by atoms with Gasteiger partial charge in [0.1, 0.15) is 34.5 Å². The lowest BCUT2D eigenvalue weighted by molar-refractivity contribution is 0.0988. The van der Waals surface area contributed by atoms with Crippen molar-refractivity contribution in [1.29, 1.82) is 0 Å². The third kappa shape index (κ3) is 7.89. The Morgan fingerprint density at radius 1 is 0.568 bits per heavy atom. The van der Waals surface area contributed by atoms with Crippen LogP contribution in [-0.2, 0) is 6.42 Å². The zero-order valence-electron chi connectivity index (χ0n) is 25.6. The van der Waals surface area contributed by atoms with Crippen molar-refractivity contribution >= 4 is 17.1 Å². The Labute approximate surface area is 257 Å². The Kier molecular flexibility index (Phi) is 12.2. The van der Waals surface area contributed by atoms with Gasteiger partial charge in [-0.3, -0.25) is 9.59 Å². The number of Topliss-reactive ketones (excluding diaryl/α,β-unsaturated/α-hetero) is 2. The molecule has 4 aromatic carbocycles. The van der Waals surface area contributed by atoms with Crippen LogP contribution in [0.15, 0.2) is 91.2 Å². The van der Waals surface area contributed by atoms with Crippen LogP contribution in [0, 0.1) is 0 Å². The lowest BCUT2D eigenvalue weighted by Crippen LogP contribution is -2.07. The van der Waals surface area contributed by atoms with Crippen LogP contribution in [0.25, 0.3) is 5.57 Å². The van der Waals surface area contributed by atoms with Crippen molar-refractivity contribution in [2.45, 2.75) is 6.42 Å². The van der Waals surface area contributed by atoms with E-state index in [0.29, 0.717) is 51.2 Å². The molecule has 0 unspecified atom stereocenters. The van der Waals surface area contributed by atoms with Crippen LogP contribution in [0.4, 0.5) is 0 Å². The second kappa shape index (κ2) is 16.3. The highest BCUT2D eigenvalue weighted by Crippen LogP contribution is 2.33. The third-order valence-electron chi connectivity index (χ3n) is 6.68. The van der Waals surface area contributed by atoms with Gasteiger partial charge in [-0.2, -0.15) is 0 Å². The Balaban J connectivity index is 0.000000241. The van der Waals surface area contributed by atoms with Gasteiger partial charge in [0.2, 0.25) is 5.78 Å². The number of rotatable bonds is 12. The van der Waals surface area contributed by atoms with Crippen molar-refractivity contribution in [2.75, 3.05) is 42.7 Å². The minimum Gasteiger partial charge on any atom is -0.515 e. The van der Waals surface area contributed by atoms with Gasteiger partial charge < -0.3 is 33.5 Å². The molecule has 0 atom stereocenters. The van der Waals surface area contributed by atoms with Crippen LogP contribution in [0.5, 0.6) is 34.5 Å². The molecular formula is C35H36O9. The lowest BCUT2D eigenvalue weighted by atomic mass is 9.96. The Bertz CT molecular complexity index is 1610. The van der Waals surface area contributed by atoms with Crippen molar-refractivity contribution in [1.82, 2.24) is 0 Å². The first-order valence-electron chi connectivity index (χ1n) is 13.5. The van der Waals surface area contributed by atoms with E-state index in [1.807, 2.05) is 24.3 Å². The van der Waals surface area contributed by atoms with E-state index in [-0.39, 0.29) is 23.6 Å². The van der Waals surface area contributed by atoms with Crippen LogP contribution in [0.2, 0.25) is 0 Å². The maximum absolute atomic E-state index is 12.8. The van der Waals surface area contributed by atoms with Crippen LogP contribution >= 0.6 is 0 Å². The summed E-state index contributed by atoms with van der Waals surface area (Å²) in [6.45, 7) is 0. The fourth-order valence-electron chi connectivity index (χ4n) is 4.39. The second-order valence-corrected chi connectivity index (χ2v) is 9.12. The SMILES string of the molecule is COc1ccc(C(=O)/C(=C/O)c2ccccc2OC)c(OC)c1.COc1ccc(C(=O)Cc2ccccc2OC)c(OC)c1. The fraction of sp³-hybridized carbons (Fsp3) is 0.200. The smallest absolute Gasteiger partial charge is 0.200 e. The average Bonchev–Trinajstić information content (AvgIpc) is 3.08. The summed E-state index contributed by atoms with van der Waals surface area (Å²) in [5.41, 5.74) is 2.32. The van der Waals surface area contributed by atoms with E-state index < -0.39 is 0 Å². The van der Waals surface area contributed by atoms with Crippen molar-refractivity contribution in [3.8, 4) is 34.5 Å². The molecule has 0 aliphatic carbocycles. The molecule has 0 heterocycles. The number of hydrogen-bond donors (Lipinski definition) is 1. The Hall–Kier alpha value is -5.44. The highest BCUT2D eigenvalue weighted by molar-refractivity contribution is 6.30. The molecule has 0 aromatic heterocycles. The Morgan fingerprint density at radius 3 is 1.61 bits per heavy atom. The number of aliphatic hydroxyl groups excluding tert-OH is 1. The van der Waals surface area contributed by atoms with Gasteiger partial charge in [-0.05, 0) is 36.4 Å². The first-order valence-corrected chi connectivity index (χ1v) is 13.5. The number of aliphatic hydroxyl groups is 1. The molecule has 1 N–H and O–H groups in total. The molecule has 0 saturated carbocycles. The highest BCUT2D eigenvalue weighted by Gasteiger charge is 2.22. The molecule has 0 fully saturated rings. The highest BCUT2D eigenvalue weighted by atomic mass is 16.5. The van der Waals surface area contributed by atoms with Crippen molar-refractivity contribution in [3.63, 3.8) is 0 Å². The molecule has 9 heteroatoms. The zero-order valence-corrected chi connectivity index (χ0v) is 25.6. The standard InChI is InChI=1S/C18H18O5.C17H18O4/c1-21-12-8-9-14(17(10-12)23-3)18(20)15(11-19)13-6-4-5-7-16(13)22-2;1-19-13-8-9-14(17(11-13)21-3)15(18)10-12-6-4-5-7-16(12)20-2/h4-11,19H,1-3H3;4-9,11H,10H2,1-3H3/b15-11+;. The summed E-state index contributed by atoms with van der Waals surface area (Å²) >= 11 is 0. The van der Waals surface area contributed by atoms with E-state index in [1.165, 1.54) is 28.4 Å². The topological polar surface area (TPSA) is 110 Å². The molecule has 9 nitrogen and oxygen atoms in total. The van der Waals surface area contributed by atoms with Gasteiger partial charge >= 0.3 is 0 Å². The van der Waals surface area contributed by atoms with E-state index in [2.05, 4.69) is 0 Å². The number of allylic oxidation sites excluding steroid dienone is 1. The van der Waals surface area contributed by atoms with Crippen LogP contribution in [-0.4, -0.2) is 59.3 Å². The van der Waals surface area contributed by atoms with Gasteiger partial charge in [0.25, 0.3) is 0 Å². The predicted octanol–water partition coefficient (Wildman–Crippen LogP) is 6.63. The van der Waals surface area contributed by atoms with Crippen molar-refractivity contribution < 1.29 is 43.1 Å². The Morgan fingerprint density at radius 2 is 1.07 bits per heavy atom. The summed E-state index contributed by atoms with van der Waals surface area (Å²) in [5, 5.41) is 9.59. The van der Waals surface area contributed by atoms with E-state index in [4.69, 9.17) is 28.4 Å². The normalized spacial score (nSPS) is 10.5. The number of benzene rings is 4. The van der Waals surface area contributed by atoms with E-state index in [1.54, 1.807) is 74.9 Å². The number of ketones is 2. The summed E-state index contributed by atoms with van der Waals surface area (Å²) in [7, 11) is 9.21. The van der Waals surface area contributed by atoms with Gasteiger partial charge in [0.05, 0.1) is 65.6 Å². The van der Waals surface area contributed by atoms with E-state index >= 15 is 0 Å². The first-order chi connectivity index (χ1) is 21.3. The largest absolute Gasteiger partial charge is 0.515 e. The number of carbonyl (C=O) groups is 2. The van der Waals surface area contributed by atoms with Gasteiger partial charge in [-0.15, -0.1) is 0 Å². The lowest BCUT2D eigenvalue weighted by Gasteiger charge is -2.13. The van der Waals surface area contributed by atoms with Crippen molar-refractivity contribution in [3.05, 3.63) is 113 Å². The number of carbonyl (C=O) groups excluding carboxylic acids is 2. The summed E-state index contributed by atoms with van der Waals surface area (Å²) in [5.74, 6) is 2.89. The minimum atomic E-state index is -0.378. The van der Waals surface area contributed by atoms with E-state index in [9.17, 15) is 14.7 Å². The molecule has 0 aliphatic rings.